The molecule has 2 aromatic rings. The number of amides is 2. The molecule has 0 saturated carbocycles. The summed E-state index contributed by atoms with van der Waals surface area (Å²) in [6.07, 6.45) is 1.35. The fourth-order valence-electron chi connectivity index (χ4n) is 3.86. The molecule has 1 atom stereocenters. The van der Waals surface area contributed by atoms with Gasteiger partial charge in [0.15, 0.2) is 5.96 Å². The van der Waals surface area contributed by atoms with Crippen molar-refractivity contribution in [3.8, 4) is 0 Å². The van der Waals surface area contributed by atoms with Crippen molar-refractivity contribution >= 4 is 58.8 Å². The van der Waals surface area contributed by atoms with Gasteiger partial charge < -0.3 is 20.9 Å². The third-order valence-electron chi connectivity index (χ3n) is 5.41. The topological polar surface area (TPSA) is 85.8 Å². The summed E-state index contributed by atoms with van der Waals surface area (Å²) >= 11 is 1.77. The zero-order valence-corrected chi connectivity index (χ0v) is 20.0. The highest BCUT2D eigenvalue weighted by atomic mass is 127. The van der Waals surface area contributed by atoms with Crippen molar-refractivity contribution in [3.63, 3.8) is 0 Å². The maximum atomic E-state index is 12.6. The van der Waals surface area contributed by atoms with Gasteiger partial charge in [0.2, 0.25) is 11.8 Å². The van der Waals surface area contributed by atoms with Gasteiger partial charge in [0.05, 0.1) is 6.54 Å². The van der Waals surface area contributed by atoms with E-state index in [-0.39, 0.29) is 48.3 Å². The van der Waals surface area contributed by atoms with Crippen LogP contribution in [0.1, 0.15) is 28.3 Å². The number of nitrogens with zero attached hydrogens (tertiary/aromatic N) is 2. The summed E-state index contributed by atoms with van der Waals surface area (Å²) in [7, 11) is 1.68. The zero-order valence-electron chi connectivity index (χ0n) is 16.8. The Morgan fingerprint density at radius 1 is 1.30 bits per heavy atom. The first-order valence-electron chi connectivity index (χ1n) is 9.80. The lowest BCUT2D eigenvalue weighted by atomic mass is 9.90. The molecule has 9 heteroatoms. The van der Waals surface area contributed by atoms with Gasteiger partial charge in [-0.1, -0.05) is 18.2 Å². The Hall–Kier alpha value is -2.14. The first-order valence-corrected chi connectivity index (χ1v) is 10.7. The van der Waals surface area contributed by atoms with Gasteiger partial charge in [0.25, 0.3) is 0 Å². The Balaban J connectivity index is 0.00000256. The van der Waals surface area contributed by atoms with Gasteiger partial charge in [-0.15, -0.1) is 35.3 Å². The number of rotatable bonds is 4. The number of guanidine groups is 1. The van der Waals surface area contributed by atoms with Crippen molar-refractivity contribution in [2.24, 2.45) is 4.99 Å². The summed E-state index contributed by atoms with van der Waals surface area (Å²) in [6.45, 7) is 2.20. The number of para-hydroxylation sites is 1. The summed E-state index contributed by atoms with van der Waals surface area (Å²) in [5.74, 6) is 0.710. The first-order chi connectivity index (χ1) is 14.1. The molecule has 1 aromatic carbocycles. The number of nitrogens with one attached hydrogen (secondary N) is 3. The minimum atomic E-state index is 0. The molecular weight excluding hydrogens is 513 g/mol. The van der Waals surface area contributed by atoms with Crippen LogP contribution in [-0.4, -0.2) is 49.4 Å². The molecule has 1 unspecified atom stereocenters. The molecule has 2 aliphatic rings. The lowest BCUT2D eigenvalue weighted by Crippen LogP contribution is -2.46. The third kappa shape index (κ3) is 5.12. The molecule has 0 radical (unpaired) electrons. The van der Waals surface area contributed by atoms with E-state index in [4.69, 9.17) is 0 Å². The Kier molecular flexibility index (Phi) is 7.70. The molecule has 3 N–H and O–H groups in total. The van der Waals surface area contributed by atoms with Gasteiger partial charge in [0.1, 0.15) is 0 Å². The third-order valence-corrected chi connectivity index (χ3v) is 6.44. The molecule has 0 fully saturated rings. The first kappa shape index (κ1) is 22.5. The van der Waals surface area contributed by atoms with E-state index in [1.54, 1.807) is 18.4 Å². The quantitative estimate of drug-likeness (QED) is 0.317. The zero-order chi connectivity index (χ0) is 20.2. The molecule has 3 heterocycles. The second-order valence-electron chi connectivity index (χ2n) is 7.28. The van der Waals surface area contributed by atoms with Crippen LogP contribution in [-0.2, 0) is 22.6 Å². The second-order valence-corrected chi connectivity index (χ2v) is 8.28. The molecule has 4 rings (SSSR count). The number of thiophene rings is 1. The van der Waals surface area contributed by atoms with E-state index < -0.39 is 0 Å². The van der Waals surface area contributed by atoms with E-state index in [0.717, 1.165) is 24.2 Å². The van der Waals surface area contributed by atoms with E-state index in [9.17, 15) is 9.59 Å². The molecule has 0 bridgehead atoms. The summed E-state index contributed by atoms with van der Waals surface area (Å²) in [5.41, 5.74) is 3.24. The lowest BCUT2D eigenvalue weighted by Gasteiger charge is -2.28. The molecular formula is C21H26IN5O2S. The molecule has 160 valence electrons. The van der Waals surface area contributed by atoms with E-state index in [2.05, 4.69) is 32.4 Å². The van der Waals surface area contributed by atoms with Gasteiger partial charge in [-0.25, -0.2) is 0 Å². The van der Waals surface area contributed by atoms with Gasteiger partial charge >= 0.3 is 0 Å². The molecule has 2 amide bonds. The standard InChI is InChI=1S/C21H25N5O2S.HI/c1-22-21(23-11-15-10-19(27)25-17-5-3-2-4-16(15)17)24-12-20(28)26-8-6-18-14(13-26)7-9-29-18;/h2-5,7,9,15H,6,8,10-13H2,1H3,(H,25,27)(H2,22,23,24);1H. The molecule has 1 aromatic heterocycles. The number of anilines is 1. The predicted octanol–water partition coefficient (Wildman–Crippen LogP) is 2.54. The van der Waals surface area contributed by atoms with E-state index in [1.165, 1.54) is 10.4 Å². The monoisotopic (exact) mass is 539 g/mol. The number of hydrogen-bond donors (Lipinski definition) is 3. The van der Waals surface area contributed by atoms with Crippen molar-refractivity contribution in [2.45, 2.75) is 25.3 Å². The average molecular weight is 539 g/mol. The Morgan fingerprint density at radius 3 is 2.97 bits per heavy atom. The molecule has 0 aliphatic carbocycles. The average Bonchev–Trinajstić information content (AvgIpc) is 3.21. The van der Waals surface area contributed by atoms with Gasteiger partial charge in [-0.2, -0.15) is 0 Å². The number of aliphatic imine (C=N–C) groups is 1. The van der Waals surface area contributed by atoms with Crippen LogP contribution in [0.2, 0.25) is 0 Å². The highest BCUT2D eigenvalue weighted by Gasteiger charge is 2.25. The second kappa shape index (κ2) is 10.3. The Morgan fingerprint density at radius 2 is 2.13 bits per heavy atom. The van der Waals surface area contributed by atoms with Crippen molar-refractivity contribution < 1.29 is 9.59 Å². The van der Waals surface area contributed by atoms with E-state index in [0.29, 0.717) is 25.5 Å². The maximum Gasteiger partial charge on any atom is 0.242 e. The SMILES string of the molecule is CN=C(NCC(=O)N1CCc2sccc2C1)NCC1CC(=O)Nc2ccccc21.I. The highest BCUT2D eigenvalue weighted by Crippen LogP contribution is 2.31. The van der Waals surface area contributed by atoms with Gasteiger partial charge in [-0.3, -0.25) is 14.6 Å². The smallest absolute Gasteiger partial charge is 0.242 e. The largest absolute Gasteiger partial charge is 0.356 e. The minimum Gasteiger partial charge on any atom is -0.356 e. The molecule has 7 nitrogen and oxygen atoms in total. The number of carbonyl (C=O) groups is 2. The van der Waals surface area contributed by atoms with Crippen LogP contribution in [0, 0.1) is 0 Å². The van der Waals surface area contributed by atoms with Gasteiger partial charge in [-0.05, 0) is 35.1 Å². The summed E-state index contributed by atoms with van der Waals surface area (Å²) < 4.78 is 0. The number of fused-ring (bicyclic) bond motifs is 2. The predicted molar refractivity (Wildman–Crippen MR) is 131 cm³/mol. The van der Waals surface area contributed by atoms with Crippen LogP contribution in [0.5, 0.6) is 0 Å². The number of benzene rings is 1. The lowest BCUT2D eigenvalue weighted by molar-refractivity contribution is -0.130. The van der Waals surface area contributed by atoms with Gasteiger partial charge in [0, 0.05) is 49.6 Å². The normalized spacial score (nSPS) is 17.9. The summed E-state index contributed by atoms with van der Waals surface area (Å²) in [4.78, 5) is 32.1. The van der Waals surface area contributed by atoms with Crippen LogP contribution in [0.3, 0.4) is 0 Å². The van der Waals surface area contributed by atoms with E-state index >= 15 is 0 Å². The maximum absolute atomic E-state index is 12.6. The van der Waals surface area contributed by atoms with Crippen LogP contribution in [0.4, 0.5) is 5.69 Å². The van der Waals surface area contributed by atoms with Crippen LogP contribution in [0.25, 0.3) is 0 Å². The minimum absolute atomic E-state index is 0. The molecule has 2 aliphatic heterocycles. The number of hydrogen-bond acceptors (Lipinski definition) is 4. The molecule has 0 spiro atoms. The molecule has 0 saturated heterocycles. The number of halogens is 1. The Bertz CT molecular complexity index is 945. The van der Waals surface area contributed by atoms with Crippen LogP contribution >= 0.6 is 35.3 Å². The van der Waals surface area contributed by atoms with Crippen molar-refractivity contribution in [3.05, 3.63) is 51.7 Å². The van der Waals surface area contributed by atoms with Crippen molar-refractivity contribution in [2.75, 3.05) is 32.0 Å². The fraction of sp³-hybridized carbons (Fsp3) is 0.381. The number of carbonyl (C=O) groups excluding carboxylic acids is 2. The highest BCUT2D eigenvalue weighted by molar-refractivity contribution is 14.0. The van der Waals surface area contributed by atoms with Crippen LogP contribution in [0.15, 0.2) is 40.7 Å². The van der Waals surface area contributed by atoms with Crippen molar-refractivity contribution in [1.82, 2.24) is 15.5 Å². The van der Waals surface area contributed by atoms with Crippen LogP contribution < -0.4 is 16.0 Å². The Labute approximate surface area is 197 Å². The summed E-state index contributed by atoms with van der Waals surface area (Å²) in [6, 6.07) is 9.96. The fourth-order valence-corrected chi connectivity index (χ4v) is 4.75. The summed E-state index contributed by atoms with van der Waals surface area (Å²) in [5, 5.41) is 11.4. The molecule has 30 heavy (non-hydrogen) atoms. The van der Waals surface area contributed by atoms with E-state index in [1.807, 2.05) is 29.2 Å². The van der Waals surface area contributed by atoms with Crippen molar-refractivity contribution in [1.29, 1.82) is 0 Å².